The third-order valence-corrected chi connectivity index (χ3v) is 5.51. The lowest BCUT2D eigenvalue weighted by Gasteiger charge is -2.19. The molecule has 166 valence electrons. The second-order valence-electron chi connectivity index (χ2n) is 7.09. The summed E-state index contributed by atoms with van der Waals surface area (Å²) in [7, 11) is 0. The summed E-state index contributed by atoms with van der Waals surface area (Å²) >= 11 is 12.3. The summed E-state index contributed by atoms with van der Waals surface area (Å²) in [5.74, 6) is -0.117. The lowest BCUT2D eigenvalue weighted by atomic mass is 10.1. The van der Waals surface area contributed by atoms with Crippen LogP contribution in [0.1, 0.15) is 31.4 Å². The van der Waals surface area contributed by atoms with Crippen molar-refractivity contribution in [3.05, 3.63) is 58.2 Å². The van der Waals surface area contributed by atoms with Gasteiger partial charge in [0.15, 0.2) is 11.6 Å². The van der Waals surface area contributed by atoms with Crippen molar-refractivity contribution >= 4 is 29.0 Å². The normalized spacial score (nSPS) is 13.2. The predicted molar refractivity (Wildman–Crippen MR) is 119 cm³/mol. The molecule has 0 saturated carbocycles. The average molecular weight is 470 g/mol. The van der Waals surface area contributed by atoms with Gasteiger partial charge in [-0.2, -0.15) is 5.10 Å². The van der Waals surface area contributed by atoms with Crippen LogP contribution in [0.15, 0.2) is 36.8 Å². The molecule has 10 heteroatoms. The molecule has 0 fully saturated rings. The molecule has 0 saturated heterocycles. The van der Waals surface area contributed by atoms with Gasteiger partial charge in [0.2, 0.25) is 0 Å². The lowest BCUT2D eigenvalue weighted by molar-refractivity contribution is 0.227. The van der Waals surface area contributed by atoms with E-state index in [4.69, 9.17) is 39.4 Å². The maximum Gasteiger partial charge on any atom is 0.166 e. The van der Waals surface area contributed by atoms with Crippen LogP contribution in [0.5, 0.6) is 5.75 Å². The summed E-state index contributed by atoms with van der Waals surface area (Å²) in [4.78, 5) is 4.18. The quantitative estimate of drug-likeness (QED) is 0.420. The molecule has 0 radical (unpaired) electrons. The number of benzene rings is 1. The van der Waals surface area contributed by atoms with Crippen molar-refractivity contribution in [1.82, 2.24) is 14.8 Å². The van der Waals surface area contributed by atoms with Gasteiger partial charge in [-0.25, -0.2) is 13.8 Å². The van der Waals surface area contributed by atoms with Gasteiger partial charge in [0, 0.05) is 47.2 Å². The number of ether oxygens (including phenoxy) is 1. The molecule has 0 aliphatic carbocycles. The first-order valence-electron chi connectivity index (χ1n) is 9.72. The number of halogens is 4. The molecule has 0 spiro atoms. The van der Waals surface area contributed by atoms with Gasteiger partial charge < -0.3 is 16.2 Å². The van der Waals surface area contributed by atoms with E-state index in [1.165, 1.54) is 12.1 Å². The number of hydrogen-bond acceptors (Lipinski definition) is 5. The van der Waals surface area contributed by atoms with Crippen molar-refractivity contribution in [2.75, 3.05) is 12.3 Å². The van der Waals surface area contributed by atoms with Crippen molar-refractivity contribution in [2.45, 2.75) is 38.6 Å². The van der Waals surface area contributed by atoms with Crippen LogP contribution in [-0.4, -0.2) is 27.5 Å². The van der Waals surface area contributed by atoms with E-state index in [1.807, 2.05) is 6.20 Å². The number of aromatic nitrogens is 3. The minimum atomic E-state index is -1.00. The van der Waals surface area contributed by atoms with Crippen LogP contribution in [0.25, 0.3) is 11.1 Å². The monoisotopic (exact) mass is 469 g/mol. The molecule has 2 unspecified atom stereocenters. The highest BCUT2D eigenvalue weighted by molar-refractivity contribution is 6.36. The number of alkyl halides is 1. The zero-order chi connectivity index (χ0) is 22.5. The number of hydrogen-bond donors (Lipinski definition) is 2. The zero-order valence-corrected chi connectivity index (χ0v) is 18.4. The Hall–Kier alpha value is -2.42. The molecule has 0 aliphatic heterocycles. The fourth-order valence-electron chi connectivity index (χ4n) is 3.10. The number of aryl methyl sites for hydroxylation is 1. The van der Waals surface area contributed by atoms with Crippen molar-refractivity contribution in [2.24, 2.45) is 5.73 Å². The molecule has 0 bridgehead atoms. The van der Waals surface area contributed by atoms with Gasteiger partial charge in [-0.05, 0) is 38.0 Å². The topological polar surface area (TPSA) is 92.0 Å². The molecule has 31 heavy (non-hydrogen) atoms. The van der Waals surface area contributed by atoms with E-state index in [-0.39, 0.29) is 22.4 Å². The highest BCUT2D eigenvalue weighted by atomic mass is 35.5. The molecular weight excluding hydrogens is 447 g/mol. The second kappa shape index (κ2) is 10.3. The molecular formula is C21H23Cl2F2N5O. The van der Waals surface area contributed by atoms with Gasteiger partial charge >= 0.3 is 0 Å². The molecule has 0 aliphatic rings. The van der Waals surface area contributed by atoms with Crippen molar-refractivity contribution in [1.29, 1.82) is 0 Å². The van der Waals surface area contributed by atoms with Crippen molar-refractivity contribution in [3.63, 3.8) is 0 Å². The smallest absolute Gasteiger partial charge is 0.166 e. The Morgan fingerprint density at radius 1 is 1.23 bits per heavy atom. The molecule has 0 amide bonds. The Kier molecular flexibility index (Phi) is 7.69. The van der Waals surface area contributed by atoms with Crippen LogP contribution in [-0.2, 0) is 6.54 Å². The largest absolute Gasteiger partial charge is 0.482 e. The van der Waals surface area contributed by atoms with Gasteiger partial charge in [-0.15, -0.1) is 0 Å². The molecule has 2 aromatic heterocycles. The molecule has 1 aromatic carbocycles. The highest BCUT2D eigenvalue weighted by Gasteiger charge is 2.20. The average Bonchev–Trinajstić information content (AvgIpc) is 3.21. The Labute approximate surface area is 189 Å². The number of rotatable bonds is 9. The third kappa shape index (κ3) is 5.64. The molecule has 4 N–H and O–H groups in total. The number of nitrogens with two attached hydrogens (primary N) is 2. The SMILES string of the molecule is CC(Oc1cc(-c2cnn(CCCC(F)CN)c2)cnc1N)c1c(Cl)ccc(F)c1Cl. The van der Waals surface area contributed by atoms with Gasteiger partial charge in [0.25, 0.3) is 0 Å². The van der Waals surface area contributed by atoms with E-state index in [1.54, 1.807) is 30.1 Å². The summed E-state index contributed by atoms with van der Waals surface area (Å²) in [5, 5.41) is 4.48. The predicted octanol–water partition coefficient (Wildman–Crippen LogP) is 5.19. The van der Waals surface area contributed by atoms with Crippen LogP contribution < -0.4 is 16.2 Å². The van der Waals surface area contributed by atoms with E-state index >= 15 is 0 Å². The first kappa shape index (κ1) is 23.2. The number of nitrogen functional groups attached to an aromatic ring is 1. The number of nitrogens with zero attached hydrogens (tertiary/aromatic N) is 3. The van der Waals surface area contributed by atoms with E-state index in [2.05, 4.69) is 10.1 Å². The van der Waals surface area contributed by atoms with Gasteiger partial charge in [-0.3, -0.25) is 4.68 Å². The maximum absolute atomic E-state index is 13.9. The van der Waals surface area contributed by atoms with Crippen LogP contribution >= 0.6 is 23.2 Å². The van der Waals surface area contributed by atoms with Crippen LogP contribution in [0.2, 0.25) is 10.0 Å². The molecule has 3 rings (SSSR count). The molecule has 6 nitrogen and oxygen atoms in total. The molecule has 2 atom stereocenters. The van der Waals surface area contributed by atoms with Crippen LogP contribution in [0, 0.1) is 5.82 Å². The van der Waals surface area contributed by atoms with E-state index in [9.17, 15) is 8.78 Å². The zero-order valence-electron chi connectivity index (χ0n) is 16.9. The Morgan fingerprint density at radius 3 is 2.74 bits per heavy atom. The summed E-state index contributed by atoms with van der Waals surface area (Å²) in [6, 6.07) is 4.33. The standard InChI is InChI=1S/C21H23Cl2F2N5O/c1-12(19-16(22)4-5-17(25)20(19)23)31-18-7-13(9-28-21(18)27)14-10-29-30(11-14)6-2-3-15(24)8-26/h4-5,7,9-12,15H,2-3,6,8,26H2,1H3,(H2,27,28). The van der Waals surface area contributed by atoms with Gasteiger partial charge in [0.1, 0.15) is 18.1 Å². The fourth-order valence-corrected chi connectivity index (χ4v) is 3.78. The van der Waals surface area contributed by atoms with Gasteiger partial charge in [-0.1, -0.05) is 23.2 Å². The minimum Gasteiger partial charge on any atom is -0.482 e. The number of pyridine rings is 1. The van der Waals surface area contributed by atoms with E-state index in [0.29, 0.717) is 30.7 Å². The summed E-state index contributed by atoms with van der Waals surface area (Å²) in [5.41, 5.74) is 13.1. The Balaban J connectivity index is 1.76. The molecule has 2 heterocycles. The minimum absolute atomic E-state index is 0.0225. The molecule has 3 aromatic rings. The van der Waals surface area contributed by atoms with Crippen molar-refractivity contribution < 1.29 is 13.5 Å². The maximum atomic E-state index is 13.9. The fraction of sp³-hybridized carbons (Fsp3) is 0.333. The first-order valence-corrected chi connectivity index (χ1v) is 10.5. The summed E-state index contributed by atoms with van der Waals surface area (Å²) in [6.45, 7) is 2.28. The Bertz CT molecular complexity index is 1050. The van der Waals surface area contributed by atoms with Crippen molar-refractivity contribution in [3.8, 4) is 16.9 Å². The second-order valence-corrected chi connectivity index (χ2v) is 7.88. The summed E-state index contributed by atoms with van der Waals surface area (Å²) < 4.78 is 34.8. The Morgan fingerprint density at radius 2 is 2.00 bits per heavy atom. The first-order chi connectivity index (χ1) is 14.8. The van der Waals surface area contributed by atoms with E-state index in [0.717, 1.165) is 11.1 Å². The lowest BCUT2D eigenvalue weighted by Crippen LogP contribution is -2.15. The third-order valence-electron chi connectivity index (χ3n) is 4.80. The van der Waals surface area contributed by atoms with Crippen LogP contribution in [0.3, 0.4) is 0 Å². The van der Waals surface area contributed by atoms with E-state index < -0.39 is 18.1 Å². The summed E-state index contributed by atoms with van der Waals surface area (Å²) in [6.07, 6.45) is 4.44. The van der Waals surface area contributed by atoms with Crippen LogP contribution in [0.4, 0.5) is 14.6 Å². The number of anilines is 1. The highest BCUT2D eigenvalue weighted by Crippen LogP contribution is 2.36. The van der Waals surface area contributed by atoms with Gasteiger partial charge in [0.05, 0.1) is 11.2 Å².